The van der Waals surface area contributed by atoms with Gasteiger partial charge in [-0.25, -0.2) is 0 Å². The van der Waals surface area contributed by atoms with Gasteiger partial charge in [-0.2, -0.15) is 0 Å². The lowest BCUT2D eigenvalue weighted by Gasteiger charge is -2.12. The van der Waals surface area contributed by atoms with Gasteiger partial charge in [-0.05, 0) is 18.4 Å². The fraction of sp³-hybridized carbons (Fsp3) is 0.267. The first kappa shape index (κ1) is 12.6. The van der Waals surface area contributed by atoms with Gasteiger partial charge in [0, 0.05) is 12.5 Å². The fourth-order valence-corrected chi connectivity index (χ4v) is 1.90. The third-order valence-corrected chi connectivity index (χ3v) is 2.79. The van der Waals surface area contributed by atoms with Gasteiger partial charge in [0.2, 0.25) is 0 Å². The summed E-state index contributed by atoms with van der Waals surface area (Å²) in [7, 11) is 1.62. The summed E-state index contributed by atoms with van der Waals surface area (Å²) in [5.41, 5.74) is 0.616. The van der Waals surface area contributed by atoms with Crippen LogP contribution in [0, 0.1) is 0 Å². The third kappa shape index (κ3) is 2.51. The van der Waals surface area contributed by atoms with Crippen LogP contribution in [0.5, 0.6) is 5.75 Å². The molecule has 0 atom stereocenters. The standard InChI is InChI=1S/C15H16O3/c1-11(16)13-8-7-12-5-3-4-6-14(12)15(13)18-10-9-17-2/h3-8H,9-10H2,1-2H3. The van der Waals surface area contributed by atoms with Crippen LogP contribution in [-0.4, -0.2) is 26.1 Å². The van der Waals surface area contributed by atoms with Gasteiger partial charge in [0.15, 0.2) is 5.78 Å². The number of hydrogen-bond acceptors (Lipinski definition) is 3. The molecule has 2 aromatic rings. The van der Waals surface area contributed by atoms with E-state index in [0.717, 1.165) is 10.8 Å². The van der Waals surface area contributed by atoms with Crippen LogP contribution < -0.4 is 4.74 Å². The quantitative estimate of drug-likeness (QED) is 0.599. The number of hydrogen-bond donors (Lipinski definition) is 0. The van der Waals surface area contributed by atoms with Crippen LogP contribution in [0.2, 0.25) is 0 Å². The van der Waals surface area contributed by atoms with Gasteiger partial charge in [-0.3, -0.25) is 4.79 Å². The van der Waals surface area contributed by atoms with Crippen LogP contribution >= 0.6 is 0 Å². The van der Waals surface area contributed by atoms with Crippen LogP contribution in [0.4, 0.5) is 0 Å². The molecule has 0 bridgehead atoms. The highest BCUT2D eigenvalue weighted by Crippen LogP contribution is 2.30. The summed E-state index contributed by atoms with van der Waals surface area (Å²) in [4.78, 5) is 11.6. The first-order valence-corrected chi connectivity index (χ1v) is 5.88. The molecule has 0 radical (unpaired) electrons. The van der Waals surface area contributed by atoms with Gasteiger partial charge in [0.25, 0.3) is 0 Å². The van der Waals surface area contributed by atoms with E-state index in [0.29, 0.717) is 24.5 Å². The Balaban J connectivity index is 2.48. The maximum absolute atomic E-state index is 11.6. The molecule has 2 rings (SSSR count). The molecule has 0 aliphatic heterocycles. The van der Waals surface area contributed by atoms with Crippen molar-refractivity contribution in [3.8, 4) is 5.75 Å². The predicted octanol–water partition coefficient (Wildman–Crippen LogP) is 3.07. The van der Waals surface area contributed by atoms with Crippen molar-refractivity contribution in [3.63, 3.8) is 0 Å². The minimum atomic E-state index is 0.00756. The van der Waals surface area contributed by atoms with Crippen molar-refractivity contribution in [2.24, 2.45) is 0 Å². The smallest absolute Gasteiger partial charge is 0.163 e. The number of benzene rings is 2. The van der Waals surface area contributed by atoms with E-state index in [1.54, 1.807) is 14.0 Å². The Kier molecular flexibility index (Phi) is 3.95. The van der Waals surface area contributed by atoms with E-state index in [9.17, 15) is 4.79 Å². The second kappa shape index (κ2) is 5.65. The molecule has 3 nitrogen and oxygen atoms in total. The summed E-state index contributed by atoms with van der Waals surface area (Å²) in [6.45, 7) is 2.48. The molecule has 2 aromatic carbocycles. The summed E-state index contributed by atoms with van der Waals surface area (Å²) >= 11 is 0. The Morgan fingerprint density at radius 1 is 1.11 bits per heavy atom. The SMILES string of the molecule is COCCOc1c(C(C)=O)ccc2ccccc12. The Morgan fingerprint density at radius 2 is 1.89 bits per heavy atom. The number of ketones is 1. The second-order valence-corrected chi connectivity index (χ2v) is 4.06. The van der Waals surface area contributed by atoms with Gasteiger partial charge < -0.3 is 9.47 Å². The van der Waals surface area contributed by atoms with Crippen molar-refractivity contribution >= 4 is 16.6 Å². The topological polar surface area (TPSA) is 35.5 Å². The van der Waals surface area contributed by atoms with Crippen molar-refractivity contribution in [2.45, 2.75) is 6.92 Å². The van der Waals surface area contributed by atoms with Gasteiger partial charge in [0.05, 0.1) is 12.2 Å². The Morgan fingerprint density at radius 3 is 2.61 bits per heavy atom. The van der Waals surface area contributed by atoms with Crippen LogP contribution in [0.1, 0.15) is 17.3 Å². The average molecular weight is 244 g/mol. The van der Waals surface area contributed by atoms with Crippen molar-refractivity contribution in [1.29, 1.82) is 0 Å². The minimum absolute atomic E-state index is 0.00756. The highest BCUT2D eigenvalue weighted by Gasteiger charge is 2.12. The molecule has 0 spiro atoms. The second-order valence-electron chi connectivity index (χ2n) is 4.06. The van der Waals surface area contributed by atoms with Crippen molar-refractivity contribution in [2.75, 3.05) is 20.3 Å². The van der Waals surface area contributed by atoms with Crippen LogP contribution in [0.15, 0.2) is 36.4 Å². The highest BCUT2D eigenvalue weighted by atomic mass is 16.5. The lowest BCUT2D eigenvalue weighted by molar-refractivity contribution is 0.101. The molecule has 0 aromatic heterocycles. The number of carbonyl (C=O) groups is 1. The lowest BCUT2D eigenvalue weighted by Crippen LogP contribution is -2.07. The number of carbonyl (C=O) groups excluding carboxylic acids is 1. The monoisotopic (exact) mass is 244 g/mol. The van der Waals surface area contributed by atoms with Gasteiger partial charge in [-0.15, -0.1) is 0 Å². The van der Waals surface area contributed by atoms with Gasteiger partial charge >= 0.3 is 0 Å². The number of methoxy groups -OCH3 is 1. The lowest BCUT2D eigenvalue weighted by atomic mass is 10.0. The molecule has 0 saturated carbocycles. The maximum atomic E-state index is 11.6. The number of fused-ring (bicyclic) bond motifs is 1. The van der Waals surface area contributed by atoms with E-state index in [4.69, 9.17) is 9.47 Å². The van der Waals surface area contributed by atoms with E-state index >= 15 is 0 Å². The van der Waals surface area contributed by atoms with Gasteiger partial charge in [-0.1, -0.05) is 30.3 Å². The fourth-order valence-electron chi connectivity index (χ4n) is 1.90. The normalized spacial score (nSPS) is 10.6. The van der Waals surface area contributed by atoms with Crippen molar-refractivity contribution in [3.05, 3.63) is 42.0 Å². The van der Waals surface area contributed by atoms with E-state index in [2.05, 4.69) is 0 Å². The van der Waals surface area contributed by atoms with E-state index in [1.807, 2.05) is 36.4 Å². The van der Waals surface area contributed by atoms with E-state index < -0.39 is 0 Å². The van der Waals surface area contributed by atoms with E-state index in [1.165, 1.54) is 0 Å². The highest BCUT2D eigenvalue weighted by molar-refractivity contribution is 6.03. The molecule has 0 aliphatic carbocycles. The van der Waals surface area contributed by atoms with Crippen LogP contribution in [0.3, 0.4) is 0 Å². The van der Waals surface area contributed by atoms with Gasteiger partial charge in [0.1, 0.15) is 12.4 Å². The van der Waals surface area contributed by atoms with Crippen LogP contribution in [0.25, 0.3) is 10.8 Å². The average Bonchev–Trinajstić information content (AvgIpc) is 2.38. The van der Waals surface area contributed by atoms with Crippen molar-refractivity contribution < 1.29 is 14.3 Å². The molecule has 94 valence electrons. The number of Topliss-reactive ketones (excluding diaryl/α,β-unsaturated/α-hetero) is 1. The van der Waals surface area contributed by atoms with E-state index in [-0.39, 0.29) is 5.78 Å². The summed E-state index contributed by atoms with van der Waals surface area (Å²) in [6, 6.07) is 11.6. The molecule has 0 heterocycles. The summed E-state index contributed by atoms with van der Waals surface area (Å²) in [5.74, 6) is 0.658. The molecule has 0 aliphatic rings. The molecular weight excluding hydrogens is 228 g/mol. The molecule has 0 amide bonds. The number of ether oxygens (including phenoxy) is 2. The molecule has 18 heavy (non-hydrogen) atoms. The number of rotatable bonds is 5. The molecule has 0 unspecified atom stereocenters. The molecule has 0 fully saturated rings. The summed E-state index contributed by atoms with van der Waals surface area (Å²) < 4.78 is 10.7. The predicted molar refractivity (Wildman–Crippen MR) is 71.3 cm³/mol. The Hall–Kier alpha value is -1.87. The molecule has 3 heteroatoms. The first-order valence-electron chi connectivity index (χ1n) is 5.88. The van der Waals surface area contributed by atoms with Crippen LogP contribution in [-0.2, 0) is 4.74 Å². The molecule has 0 saturated heterocycles. The summed E-state index contributed by atoms with van der Waals surface area (Å²) in [5, 5.41) is 2.02. The van der Waals surface area contributed by atoms with Crippen molar-refractivity contribution in [1.82, 2.24) is 0 Å². The minimum Gasteiger partial charge on any atom is -0.490 e. The maximum Gasteiger partial charge on any atom is 0.163 e. The zero-order valence-electron chi connectivity index (χ0n) is 10.6. The Bertz CT molecular complexity index is 561. The Labute approximate surface area is 106 Å². The third-order valence-electron chi connectivity index (χ3n) is 2.79. The zero-order chi connectivity index (χ0) is 13.0. The zero-order valence-corrected chi connectivity index (χ0v) is 10.6. The molecule has 0 N–H and O–H groups in total. The summed E-state index contributed by atoms with van der Waals surface area (Å²) in [6.07, 6.45) is 0. The first-order chi connectivity index (χ1) is 8.74. The largest absolute Gasteiger partial charge is 0.490 e. The molecular formula is C15H16O3.